The minimum Gasteiger partial charge on any atom is -0.316 e. The van der Waals surface area contributed by atoms with E-state index >= 15 is 0 Å². The van der Waals surface area contributed by atoms with Crippen molar-refractivity contribution in [3.63, 3.8) is 0 Å². The van der Waals surface area contributed by atoms with Gasteiger partial charge in [-0.25, -0.2) is 4.99 Å². The van der Waals surface area contributed by atoms with E-state index in [2.05, 4.69) is 60.2 Å². The first-order valence-electron chi connectivity index (χ1n) is 9.23. The number of hydrogen-bond donors (Lipinski definition) is 0. The average Bonchev–Trinajstić information content (AvgIpc) is 3.04. The lowest BCUT2D eigenvalue weighted by molar-refractivity contribution is 0.577. The third kappa shape index (κ3) is 4.87. The van der Waals surface area contributed by atoms with Crippen LogP contribution in [0.25, 0.3) is 11.3 Å². The van der Waals surface area contributed by atoms with Crippen LogP contribution in [0.4, 0.5) is 5.69 Å². The van der Waals surface area contributed by atoms with Gasteiger partial charge in [-0.2, -0.15) is 0 Å². The van der Waals surface area contributed by atoms with Gasteiger partial charge in [-0.3, -0.25) is 0 Å². The van der Waals surface area contributed by atoms with Crippen LogP contribution in [0.15, 0.2) is 58.9 Å². The Morgan fingerprint density at radius 3 is 2.38 bits per heavy atom. The van der Waals surface area contributed by atoms with E-state index in [9.17, 15) is 0 Å². The molecule has 0 fully saturated rings. The van der Waals surface area contributed by atoms with E-state index in [0.29, 0.717) is 0 Å². The van der Waals surface area contributed by atoms with Crippen LogP contribution in [-0.2, 0) is 6.54 Å². The van der Waals surface area contributed by atoms with Crippen LogP contribution in [0.1, 0.15) is 38.2 Å². The van der Waals surface area contributed by atoms with E-state index in [1.54, 1.807) is 11.3 Å². The first-order valence-corrected chi connectivity index (χ1v) is 10.5. The Bertz CT molecular complexity index is 889. The molecular weight excluding hydrogens is 360 g/mol. The molecule has 0 aliphatic heterocycles. The summed E-state index contributed by atoms with van der Waals surface area (Å²) in [4.78, 5) is 5.95. The minimum atomic E-state index is 0.767. The van der Waals surface area contributed by atoms with Crippen LogP contribution in [0.3, 0.4) is 0 Å². The lowest BCUT2D eigenvalue weighted by Gasteiger charge is -2.09. The molecule has 0 aliphatic carbocycles. The number of halogens is 1. The molecule has 0 saturated heterocycles. The quantitative estimate of drug-likeness (QED) is 0.390. The van der Waals surface area contributed by atoms with Gasteiger partial charge < -0.3 is 4.57 Å². The van der Waals surface area contributed by atoms with Gasteiger partial charge in [0.1, 0.15) is 0 Å². The molecule has 0 N–H and O–H groups in total. The Morgan fingerprint density at radius 1 is 0.962 bits per heavy atom. The molecule has 4 heteroatoms. The lowest BCUT2D eigenvalue weighted by atomic mass is 10.1. The number of thiazole rings is 1. The van der Waals surface area contributed by atoms with E-state index in [1.807, 2.05) is 12.1 Å². The van der Waals surface area contributed by atoms with Crippen molar-refractivity contribution in [1.82, 2.24) is 4.57 Å². The number of aromatic nitrogens is 1. The van der Waals surface area contributed by atoms with E-state index < -0.39 is 0 Å². The molecule has 0 radical (unpaired) electrons. The van der Waals surface area contributed by atoms with Crippen molar-refractivity contribution in [2.45, 2.75) is 46.1 Å². The summed E-state index contributed by atoms with van der Waals surface area (Å²) in [7, 11) is 0. The highest BCUT2D eigenvalue weighted by Crippen LogP contribution is 2.23. The van der Waals surface area contributed by atoms with Gasteiger partial charge in [-0.1, -0.05) is 67.6 Å². The summed E-state index contributed by atoms with van der Waals surface area (Å²) in [5.74, 6) is 0. The molecule has 0 spiro atoms. The van der Waals surface area contributed by atoms with Crippen molar-refractivity contribution >= 4 is 28.6 Å². The van der Waals surface area contributed by atoms with E-state index in [0.717, 1.165) is 22.1 Å². The van der Waals surface area contributed by atoms with Crippen LogP contribution in [0.2, 0.25) is 5.02 Å². The molecule has 2 aromatic carbocycles. The smallest absolute Gasteiger partial charge is 0.190 e. The maximum absolute atomic E-state index is 6.06. The van der Waals surface area contributed by atoms with Gasteiger partial charge in [-0.15, -0.1) is 11.3 Å². The standard InChI is InChI=1S/C22H25ClN2S/c1-3-4-5-6-15-25-21(18-9-11-19(23)12-10-18)16-26-22(25)24-20-13-7-17(2)8-14-20/h7-14,16H,3-6,15H2,1-2H3. The third-order valence-electron chi connectivity index (χ3n) is 4.43. The van der Waals surface area contributed by atoms with Crippen LogP contribution in [0.5, 0.6) is 0 Å². The van der Waals surface area contributed by atoms with Crippen LogP contribution in [-0.4, -0.2) is 4.57 Å². The van der Waals surface area contributed by atoms with Gasteiger partial charge in [0.2, 0.25) is 0 Å². The van der Waals surface area contributed by atoms with Gasteiger partial charge in [0.15, 0.2) is 4.80 Å². The summed E-state index contributed by atoms with van der Waals surface area (Å²) in [5.41, 5.74) is 4.66. The van der Waals surface area contributed by atoms with Crippen molar-refractivity contribution < 1.29 is 0 Å². The van der Waals surface area contributed by atoms with Crippen LogP contribution >= 0.6 is 22.9 Å². The highest BCUT2D eigenvalue weighted by molar-refractivity contribution is 7.07. The average molecular weight is 385 g/mol. The number of unbranched alkanes of at least 4 members (excludes halogenated alkanes) is 3. The summed E-state index contributed by atoms with van der Waals surface area (Å²) in [5, 5.41) is 2.97. The molecule has 26 heavy (non-hydrogen) atoms. The molecule has 0 amide bonds. The predicted molar refractivity (Wildman–Crippen MR) is 113 cm³/mol. The molecule has 1 aromatic heterocycles. The van der Waals surface area contributed by atoms with Crippen molar-refractivity contribution in [2.24, 2.45) is 4.99 Å². The molecule has 0 bridgehead atoms. The zero-order valence-corrected chi connectivity index (χ0v) is 17.0. The van der Waals surface area contributed by atoms with Crippen molar-refractivity contribution in [1.29, 1.82) is 0 Å². The summed E-state index contributed by atoms with van der Waals surface area (Å²) >= 11 is 7.76. The molecule has 3 rings (SSSR count). The zero-order valence-electron chi connectivity index (χ0n) is 15.4. The van der Waals surface area contributed by atoms with E-state index in [4.69, 9.17) is 16.6 Å². The van der Waals surface area contributed by atoms with Crippen molar-refractivity contribution in [3.05, 3.63) is 69.3 Å². The molecule has 0 aliphatic rings. The van der Waals surface area contributed by atoms with Gasteiger partial charge in [-0.05, 0) is 43.2 Å². The zero-order chi connectivity index (χ0) is 18.4. The fourth-order valence-electron chi connectivity index (χ4n) is 2.91. The third-order valence-corrected chi connectivity index (χ3v) is 5.55. The van der Waals surface area contributed by atoms with E-state index in [1.165, 1.54) is 42.5 Å². The Kier molecular flexibility index (Phi) is 6.70. The van der Waals surface area contributed by atoms with Crippen LogP contribution < -0.4 is 4.80 Å². The molecule has 1 heterocycles. The summed E-state index contributed by atoms with van der Waals surface area (Å²) in [6.45, 7) is 5.34. The monoisotopic (exact) mass is 384 g/mol. The maximum atomic E-state index is 6.06. The first-order chi connectivity index (χ1) is 12.7. The number of rotatable bonds is 7. The normalized spacial score (nSPS) is 11.9. The molecule has 3 aromatic rings. The molecule has 0 saturated carbocycles. The fraction of sp³-hybridized carbons (Fsp3) is 0.318. The molecule has 136 valence electrons. The second kappa shape index (κ2) is 9.20. The maximum Gasteiger partial charge on any atom is 0.190 e. The second-order valence-corrected chi connectivity index (χ2v) is 7.84. The van der Waals surface area contributed by atoms with Gasteiger partial charge >= 0.3 is 0 Å². The van der Waals surface area contributed by atoms with Crippen LogP contribution in [0, 0.1) is 6.92 Å². The van der Waals surface area contributed by atoms with Gasteiger partial charge in [0.25, 0.3) is 0 Å². The molecule has 0 unspecified atom stereocenters. The van der Waals surface area contributed by atoms with Gasteiger partial charge in [0, 0.05) is 16.9 Å². The SMILES string of the molecule is CCCCCCn1c(-c2ccc(Cl)cc2)csc1=Nc1ccc(C)cc1. The second-order valence-electron chi connectivity index (χ2n) is 6.57. The highest BCUT2D eigenvalue weighted by Gasteiger charge is 2.08. The van der Waals surface area contributed by atoms with Gasteiger partial charge in [0.05, 0.1) is 11.4 Å². The number of nitrogens with zero attached hydrogens (tertiary/aromatic N) is 2. The Labute approximate surface area is 164 Å². The first kappa shape index (κ1) is 18.9. The van der Waals surface area contributed by atoms with Crippen molar-refractivity contribution in [2.75, 3.05) is 0 Å². The largest absolute Gasteiger partial charge is 0.316 e. The number of benzene rings is 2. The number of hydrogen-bond acceptors (Lipinski definition) is 2. The molecular formula is C22H25ClN2S. The Morgan fingerprint density at radius 2 is 1.69 bits per heavy atom. The molecule has 2 nitrogen and oxygen atoms in total. The number of aryl methyl sites for hydroxylation is 1. The summed E-state index contributed by atoms with van der Waals surface area (Å²) in [6, 6.07) is 16.5. The fourth-order valence-corrected chi connectivity index (χ4v) is 3.99. The molecule has 0 atom stereocenters. The topological polar surface area (TPSA) is 17.3 Å². The van der Waals surface area contributed by atoms with E-state index in [-0.39, 0.29) is 0 Å². The summed E-state index contributed by atoms with van der Waals surface area (Å²) in [6.07, 6.45) is 4.96. The Balaban J connectivity index is 1.97. The highest BCUT2D eigenvalue weighted by atomic mass is 35.5. The lowest BCUT2D eigenvalue weighted by Crippen LogP contribution is -2.16. The van der Waals surface area contributed by atoms with Crippen molar-refractivity contribution in [3.8, 4) is 11.3 Å². The predicted octanol–water partition coefficient (Wildman–Crippen LogP) is 6.99. The minimum absolute atomic E-state index is 0.767. The summed E-state index contributed by atoms with van der Waals surface area (Å²) < 4.78 is 2.35. The Hall–Kier alpha value is -1.84.